The lowest BCUT2D eigenvalue weighted by Gasteiger charge is -2.21. The molecule has 3 nitrogen and oxygen atoms in total. The number of nitrogens with one attached hydrogen (secondary N) is 1. The fourth-order valence-corrected chi connectivity index (χ4v) is 2.47. The van der Waals surface area contributed by atoms with Crippen molar-refractivity contribution in [1.82, 2.24) is 5.32 Å². The average molecular weight is 302 g/mol. The lowest BCUT2D eigenvalue weighted by Crippen LogP contribution is -2.35. The lowest BCUT2D eigenvalue weighted by molar-refractivity contribution is -0.0526. The predicted octanol–water partition coefficient (Wildman–Crippen LogP) is 3.15. The van der Waals surface area contributed by atoms with Crippen LogP contribution < -0.4 is 5.32 Å². The molecule has 0 aliphatic carbocycles. The summed E-state index contributed by atoms with van der Waals surface area (Å²) in [5.41, 5.74) is 0.668. The maximum absolute atomic E-state index is 13.9. The second kappa shape index (κ2) is 7.93. The van der Waals surface area contributed by atoms with Gasteiger partial charge in [0.1, 0.15) is 5.82 Å². The molecule has 1 N–H and O–H groups in total. The van der Waals surface area contributed by atoms with Crippen LogP contribution in [0.4, 0.5) is 4.39 Å². The molecule has 1 aromatic carbocycles. The fourth-order valence-electron chi connectivity index (χ4n) is 2.32. The number of halogens is 2. The third kappa shape index (κ3) is 4.70. The van der Waals surface area contributed by atoms with Crippen molar-refractivity contribution in [1.29, 1.82) is 0 Å². The Kier molecular flexibility index (Phi) is 6.23. The zero-order valence-corrected chi connectivity index (χ0v) is 12.5. The zero-order valence-electron chi connectivity index (χ0n) is 11.7. The van der Waals surface area contributed by atoms with Crippen LogP contribution in [0.1, 0.15) is 25.3 Å². The van der Waals surface area contributed by atoms with Crippen molar-refractivity contribution in [2.75, 3.05) is 19.8 Å². The van der Waals surface area contributed by atoms with Gasteiger partial charge in [0.25, 0.3) is 0 Å². The first kappa shape index (κ1) is 15.7. The molecule has 1 aliphatic rings. The van der Waals surface area contributed by atoms with Gasteiger partial charge in [0, 0.05) is 17.5 Å². The van der Waals surface area contributed by atoms with Crippen LogP contribution in [0.25, 0.3) is 0 Å². The number of ether oxygens (including phenoxy) is 2. The fraction of sp³-hybridized carbons (Fsp3) is 0.600. The lowest BCUT2D eigenvalue weighted by atomic mass is 10.0. The summed E-state index contributed by atoms with van der Waals surface area (Å²) >= 11 is 5.78. The Bertz CT molecular complexity index is 424. The Hall–Kier alpha value is -0.680. The van der Waals surface area contributed by atoms with Crippen molar-refractivity contribution in [2.24, 2.45) is 0 Å². The molecule has 0 spiro atoms. The highest BCUT2D eigenvalue weighted by Gasteiger charge is 2.22. The molecular weight excluding hydrogens is 281 g/mol. The van der Waals surface area contributed by atoms with Crippen LogP contribution in [0.2, 0.25) is 5.02 Å². The van der Waals surface area contributed by atoms with Crippen LogP contribution in [0.15, 0.2) is 18.2 Å². The average Bonchev–Trinajstić information content (AvgIpc) is 2.92. The van der Waals surface area contributed by atoms with Crippen molar-refractivity contribution in [2.45, 2.75) is 38.5 Å². The zero-order chi connectivity index (χ0) is 14.4. The Morgan fingerprint density at radius 3 is 2.80 bits per heavy atom. The van der Waals surface area contributed by atoms with Gasteiger partial charge in [0.05, 0.1) is 13.2 Å². The molecule has 1 fully saturated rings. The maximum atomic E-state index is 13.9. The summed E-state index contributed by atoms with van der Waals surface area (Å²) in [7, 11) is 0. The molecule has 20 heavy (non-hydrogen) atoms. The van der Waals surface area contributed by atoms with Gasteiger partial charge in [-0.05, 0) is 37.1 Å². The first-order valence-corrected chi connectivity index (χ1v) is 7.47. The van der Waals surface area contributed by atoms with E-state index in [-0.39, 0.29) is 18.1 Å². The van der Waals surface area contributed by atoms with E-state index < -0.39 is 0 Å². The SMILES string of the molecule is CCCNC(Cc1ccc(Cl)cc1F)CC1OCCO1. The molecule has 0 bridgehead atoms. The summed E-state index contributed by atoms with van der Waals surface area (Å²) in [5.74, 6) is -0.256. The summed E-state index contributed by atoms with van der Waals surface area (Å²) in [6, 6.07) is 4.96. The Balaban J connectivity index is 1.97. The van der Waals surface area contributed by atoms with E-state index in [0.29, 0.717) is 30.2 Å². The molecule has 2 rings (SSSR count). The predicted molar refractivity (Wildman–Crippen MR) is 77.5 cm³/mol. The van der Waals surface area contributed by atoms with Gasteiger partial charge in [0.2, 0.25) is 0 Å². The summed E-state index contributed by atoms with van der Waals surface area (Å²) in [4.78, 5) is 0. The highest BCUT2D eigenvalue weighted by atomic mass is 35.5. The number of hydrogen-bond donors (Lipinski definition) is 1. The number of rotatable bonds is 7. The highest BCUT2D eigenvalue weighted by Crippen LogP contribution is 2.19. The van der Waals surface area contributed by atoms with Gasteiger partial charge in [-0.1, -0.05) is 24.6 Å². The van der Waals surface area contributed by atoms with Gasteiger partial charge >= 0.3 is 0 Å². The Labute approximate surface area is 124 Å². The maximum Gasteiger partial charge on any atom is 0.159 e. The summed E-state index contributed by atoms with van der Waals surface area (Å²) < 4.78 is 24.8. The quantitative estimate of drug-likeness (QED) is 0.839. The molecular formula is C15H21ClFNO2. The van der Waals surface area contributed by atoms with Crippen molar-refractivity contribution in [3.8, 4) is 0 Å². The van der Waals surface area contributed by atoms with Gasteiger partial charge in [-0.3, -0.25) is 0 Å². The monoisotopic (exact) mass is 301 g/mol. The minimum atomic E-state index is -0.256. The van der Waals surface area contributed by atoms with Gasteiger partial charge < -0.3 is 14.8 Å². The van der Waals surface area contributed by atoms with Gasteiger partial charge in [-0.15, -0.1) is 0 Å². The normalized spacial score (nSPS) is 17.6. The van der Waals surface area contributed by atoms with Crippen LogP contribution in [0, 0.1) is 5.82 Å². The van der Waals surface area contributed by atoms with Crippen molar-refractivity contribution in [3.05, 3.63) is 34.6 Å². The molecule has 112 valence electrons. The van der Waals surface area contributed by atoms with Gasteiger partial charge in [-0.25, -0.2) is 4.39 Å². The third-order valence-electron chi connectivity index (χ3n) is 3.33. The molecule has 1 aliphatic heterocycles. The minimum absolute atomic E-state index is 0.133. The standard InChI is InChI=1S/C15H21ClFNO2/c1-2-5-18-13(10-15-19-6-7-20-15)8-11-3-4-12(16)9-14(11)17/h3-4,9,13,15,18H,2,5-8,10H2,1H3. The van der Waals surface area contributed by atoms with E-state index in [4.69, 9.17) is 21.1 Å². The van der Waals surface area contributed by atoms with E-state index in [1.165, 1.54) is 6.07 Å². The highest BCUT2D eigenvalue weighted by molar-refractivity contribution is 6.30. The van der Waals surface area contributed by atoms with Crippen LogP contribution >= 0.6 is 11.6 Å². The van der Waals surface area contributed by atoms with Crippen LogP contribution in [0.5, 0.6) is 0 Å². The van der Waals surface area contributed by atoms with Gasteiger partial charge in [-0.2, -0.15) is 0 Å². The first-order chi connectivity index (χ1) is 9.69. The molecule has 1 heterocycles. The molecule has 0 aromatic heterocycles. The van der Waals surface area contributed by atoms with Crippen molar-refractivity contribution < 1.29 is 13.9 Å². The molecule has 1 saturated heterocycles. The van der Waals surface area contributed by atoms with E-state index in [0.717, 1.165) is 19.4 Å². The molecule has 5 heteroatoms. The third-order valence-corrected chi connectivity index (χ3v) is 3.57. The Morgan fingerprint density at radius 2 is 2.15 bits per heavy atom. The second-order valence-corrected chi connectivity index (χ2v) is 5.43. The van der Waals surface area contributed by atoms with E-state index in [1.54, 1.807) is 12.1 Å². The van der Waals surface area contributed by atoms with E-state index in [2.05, 4.69) is 12.2 Å². The summed E-state index contributed by atoms with van der Waals surface area (Å²) in [6.45, 7) is 4.28. The second-order valence-electron chi connectivity index (χ2n) is 5.00. The first-order valence-electron chi connectivity index (χ1n) is 7.09. The molecule has 0 radical (unpaired) electrons. The number of hydrogen-bond acceptors (Lipinski definition) is 3. The van der Waals surface area contributed by atoms with Crippen LogP contribution in [0.3, 0.4) is 0 Å². The van der Waals surface area contributed by atoms with E-state index >= 15 is 0 Å². The summed E-state index contributed by atoms with van der Waals surface area (Å²) in [5, 5.41) is 3.85. The largest absolute Gasteiger partial charge is 0.350 e. The molecule has 1 atom stereocenters. The molecule has 0 amide bonds. The summed E-state index contributed by atoms with van der Waals surface area (Å²) in [6.07, 6.45) is 2.18. The topological polar surface area (TPSA) is 30.5 Å². The van der Waals surface area contributed by atoms with Crippen molar-refractivity contribution >= 4 is 11.6 Å². The molecule has 1 unspecified atom stereocenters. The smallest absolute Gasteiger partial charge is 0.159 e. The molecule has 1 aromatic rings. The van der Waals surface area contributed by atoms with Crippen LogP contribution in [-0.2, 0) is 15.9 Å². The van der Waals surface area contributed by atoms with Crippen molar-refractivity contribution in [3.63, 3.8) is 0 Å². The van der Waals surface area contributed by atoms with Gasteiger partial charge in [0.15, 0.2) is 6.29 Å². The Morgan fingerprint density at radius 1 is 1.40 bits per heavy atom. The van der Waals surface area contributed by atoms with E-state index in [9.17, 15) is 4.39 Å². The molecule has 0 saturated carbocycles. The van der Waals surface area contributed by atoms with E-state index in [1.807, 2.05) is 0 Å². The number of benzene rings is 1. The van der Waals surface area contributed by atoms with Crippen LogP contribution in [-0.4, -0.2) is 32.1 Å². The minimum Gasteiger partial charge on any atom is -0.350 e.